The molecule has 0 radical (unpaired) electrons. The van der Waals surface area contributed by atoms with Gasteiger partial charge in [-0.3, -0.25) is 4.79 Å². The van der Waals surface area contributed by atoms with Gasteiger partial charge >= 0.3 is 0 Å². The molecular formula is C16H10Cl3N3O. The summed E-state index contributed by atoms with van der Waals surface area (Å²) in [6, 6.07) is 13.4. The van der Waals surface area contributed by atoms with Crippen molar-refractivity contribution in [2.45, 2.75) is 0 Å². The predicted octanol–water partition coefficient (Wildman–Crippen LogP) is 5.10. The first-order chi connectivity index (χ1) is 11.0. The highest BCUT2D eigenvalue weighted by Gasteiger charge is 2.11. The molecule has 0 aromatic heterocycles. The van der Waals surface area contributed by atoms with E-state index >= 15 is 0 Å². The number of nitriles is 1. The second-order valence-electron chi connectivity index (χ2n) is 4.40. The lowest BCUT2D eigenvalue weighted by molar-refractivity contribution is -0.112. The molecule has 0 saturated carbocycles. The molecule has 116 valence electrons. The number of carbonyl (C=O) groups excluding carboxylic acids is 1. The zero-order chi connectivity index (χ0) is 16.8. The molecule has 2 aromatic rings. The SMILES string of the molecule is N#C/C(=C/Nc1cccc(Cl)c1)C(=O)Nc1cc(Cl)ccc1Cl. The van der Waals surface area contributed by atoms with Gasteiger partial charge in [0.05, 0.1) is 10.7 Å². The summed E-state index contributed by atoms with van der Waals surface area (Å²) in [4.78, 5) is 12.1. The fraction of sp³-hybridized carbons (Fsp3) is 0. The monoisotopic (exact) mass is 365 g/mol. The minimum Gasteiger partial charge on any atom is -0.360 e. The second-order valence-corrected chi connectivity index (χ2v) is 5.68. The maximum atomic E-state index is 12.1. The number of carbonyl (C=O) groups is 1. The van der Waals surface area contributed by atoms with Gasteiger partial charge in [0.2, 0.25) is 0 Å². The summed E-state index contributed by atoms with van der Waals surface area (Å²) >= 11 is 17.7. The van der Waals surface area contributed by atoms with Crippen molar-refractivity contribution in [3.05, 3.63) is 69.3 Å². The largest absolute Gasteiger partial charge is 0.360 e. The number of rotatable bonds is 4. The molecule has 0 fully saturated rings. The quantitative estimate of drug-likeness (QED) is 0.584. The maximum absolute atomic E-state index is 12.1. The van der Waals surface area contributed by atoms with E-state index in [0.717, 1.165) is 0 Å². The highest BCUT2D eigenvalue weighted by molar-refractivity contribution is 6.36. The number of benzene rings is 2. The highest BCUT2D eigenvalue weighted by Crippen LogP contribution is 2.25. The minimum atomic E-state index is -0.605. The Morgan fingerprint density at radius 1 is 1.09 bits per heavy atom. The molecule has 7 heteroatoms. The van der Waals surface area contributed by atoms with Crippen molar-refractivity contribution in [1.82, 2.24) is 0 Å². The van der Waals surface area contributed by atoms with E-state index in [0.29, 0.717) is 26.4 Å². The van der Waals surface area contributed by atoms with Crippen molar-refractivity contribution in [2.24, 2.45) is 0 Å². The van der Waals surface area contributed by atoms with Gasteiger partial charge in [-0.15, -0.1) is 0 Å². The number of nitrogens with one attached hydrogen (secondary N) is 2. The Balaban J connectivity index is 2.14. The molecule has 2 aromatic carbocycles. The lowest BCUT2D eigenvalue weighted by atomic mass is 10.2. The molecule has 4 nitrogen and oxygen atoms in total. The maximum Gasteiger partial charge on any atom is 0.267 e. The van der Waals surface area contributed by atoms with Gasteiger partial charge in [-0.25, -0.2) is 0 Å². The molecule has 0 heterocycles. The Bertz CT molecular complexity index is 812. The fourth-order valence-electron chi connectivity index (χ4n) is 1.67. The van der Waals surface area contributed by atoms with Crippen LogP contribution in [0.1, 0.15) is 0 Å². The third-order valence-corrected chi connectivity index (χ3v) is 3.55. The molecule has 0 bridgehead atoms. The summed E-state index contributed by atoms with van der Waals surface area (Å²) in [6.45, 7) is 0. The van der Waals surface area contributed by atoms with Gasteiger partial charge in [-0.05, 0) is 36.4 Å². The first-order valence-corrected chi connectivity index (χ1v) is 7.52. The average molecular weight is 367 g/mol. The van der Waals surface area contributed by atoms with Crippen LogP contribution in [0, 0.1) is 11.3 Å². The zero-order valence-corrected chi connectivity index (χ0v) is 13.9. The summed E-state index contributed by atoms with van der Waals surface area (Å²) in [5, 5.41) is 15.8. The van der Waals surface area contributed by atoms with Crippen LogP contribution in [0.3, 0.4) is 0 Å². The van der Waals surface area contributed by atoms with E-state index in [1.165, 1.54) is 12.3 Å². The molecule has 0 aliphatic rings. The number of hydrogen-bond acceptors (Lipinski definition) is 3. The van der Waals surface area contributed by atoms with E-state index in [1.807, 2.05) is 6.07 Å². The molecule has 0 saturated heterocycles. The molecule has 0 aliphatic carbocycles. The molecule has 0 spiro atoms. The van der Waals surface area contributed by atoms with E-state index in [-0.39, 0.29) is 5.57 Å². The lowest BCUT2D eigenvalue weighted by Gasteiger charge is -2.07. The normalized spacial score (nSPS) is 10.8. The van der Waals surface area contributed by atoms with Gasteiger partial charge in [0.1, 0.15) is 11.6 Å². The van der Waals surface area contributed by atoms with Gasteiger partial charge in [-0.1, -0.05) is 40.9 Å². The van der Waals surface area contributed by atoms with Gasteiger partial charge in [0.15, 0.2) is 0 Å². The fourth-order valence-corrected chi connectivity index (χ4v) is 2.19. The highest BCUT2D eigenvalue weighted by atomic mass is 35.5. The van der Waals surface area contributed by atoms with Crippen molar-refractivity contribution in [2.75, 3.05) is 10.6 Å². The van der Waals surface area contributed by atoms with Crippen LogP contribution in [-0.4, -0.2) is 5.91 Å². The summed E-state index contributed by atoms with van der Waals surface area (Å²) in [5.74, 6) is -0.605. The number of hydrogen-bond donors (Lipinski definition) is 2. The molecule has 0 atom stereocenters. The van der Waals surface area contributed by atoms with Crippen molar-refractivity contribution in [3.63, 3.8) is 0 Å². The summed E-state index contributed by atoms with van der Waals surface area (Å²) in [7, 11) is 0. The van der Waals surface area contributed by atoms with Crippen molar-refractivity contribution in [1.29, 1.82) is 5.26 Å². The Labute approximate surface area is 148 Å². The smallest absolute Gasteiger partial charge is 0.267 e. The minimum absolute atomic E-state index is 0.124. The Morgan fingerprint density at radius 3 is 2.52 bits per heavy atom. The van der Waals surface area contributed by atoms with E-state index < -0.39 is 5.91 Å². The Hall–Kier alpha value is -2.19. The van der Waals surface area contributed by atoms with Crippen LogP contribution in [0.4, 0.5) is 11.4 Å². The van der Waals surface area contributed by atoms with Gasteiger partial charge < -0.3 is 10.6 Å². The van der Waals surface area contributed by atoms with Crippen molar-refractivity contribution >= 4 is 52.1 Å². The van der Waals surface area contributed by atoms with Gasteiger partial charge in [0.25, 0.3) is 5.91 Å². The van der Waals surface area contributed by atoms with Gasteiger partial charge in [-0.2, -0.15) is 5.26 Å². The zero-order valence-electron chi connectivity index (χ0n) is 11.6. The van der Waals surface area contributed by atoms with Crippen LogP contribution < -0.4 is 10.6 Å². The summed E-state index contributed by atoms with van der Waals surface area (Å²) < 4.78 is 0. The second kappa shape index (κ2) is 7.89. The van der Waals surface area contributed by atoms with Crippen molar-refractivity contribution < 1.29 is 4.79 Å². The number of anilines is 2. The topological polar surface area (TPSA) is 64.9 Å². The number of halogens is 3. The first kappa shape index (κ1) is 17.2. The van der Waals surface area contributed by atoms with E-state index in [4.69, 9.17) is 40.1 Å². The van der Waals surface area contributed by atoms with E-state index in [2.05, 4.69) is 10.6 Å². The molecule has 0 unspecified atom stereocenters. The summed E-state index contributed by atoms with van der Waals surface area (Å²) in [5.41, 5.74) is 0.855. The molecule has 1 amide bonds. The van der Waals surface area contributed by atoms with E-state index in [9.17, 15) is 4.79 Å². The molecular weight excluding hydrogens is 357 g/mol. The molecule has 0 aliphatic heterocycles. The standard InChI is InChI=1S/C16H10Cl3N3O/c17-11-2-1-3-13(6-11)21-9-10(8-20)16(23)22-15-7-12(18)4-5-14(15)19/h1-7,9,21H,(H,22,23)/b10-9-. The predicted molar refractivity (Wildman–Crippen MR) is 93.9 cm³/mol. The third kappa shape index (κ3) is 4.90. The first-order valence-electron chi connectivity index (χ1n) is 6.38. The van der Waals surface area contributed by atoms with E-state index in [1.54, 1.807) is 36.4 Å². The van der Waals surface area contributed by atoms with Crippen LogP contribution >= 0.6 is 34.8 Å². The van der Waals surface area contributed by atoms with Gasteiger partial charge in [0, 0.05) is 21.9 Å². The number of nitrogens with zero attached hydrogens (tertiary/aromatic N) is 1. The Kier molecular flexibility index (Phi) is 5.89. The lowest BCUT2D eigenvalue weighted by Crippen LogP contribution is -2.14. The van der Waals surface area contributed by atoms with Crippen LogP contribution in [-0.2, 0) is 4.79 Å². The Morgan fingerprint density at radius 2 is 1.83 bits per heavy atom. The molecule has 23 heavy (non-hydrogen) atoms. The molecule has 2 rings (SSSR count). The number of amides is 1. The van der Waals surface area contributed by atoms with Crippen LogP contribution in [0.5, 0.6) is 0 Å². The van der Waals surface area contributed by atoms with Crippen LogP contribution in [0.2, 0.25) is 15.1 Å². The third-order valence-electron chi connectivity index (χ3n) is 2.75. The molecule has 2 N–H and O–H groups in total. The van der Waals surface area contributed by atoms with Crippen LogP contribution in [0.25, 0.3) is 0 Å². The van der Waals surface area contributed by atoms with Crippen molar-refractivity contribution in [3.8, 4) is 6.07 Å². The summed E-state index contributed by atoms with van der Waals surface area (Å²) in [6.07, 6.45) is 1.29. The average Bonchev–Trinajstić information content (AvgIpc) is 2.51. The van der Waals surface area contributed by atoms with Crippen LogP contribution in [0.15, 0.2) is 54.2 Å².